The molecule has 1 heterocycles. The Morgan fingerprint density at radius 2 is 1.92 bits per heavy atom. The smallest absolute Gasteiger partial charge is 0.237 e. The van der Waals surface area contributed by atoms with Crippen molar-refractivity contribution >= 4 is 35.0 Å². The molecule has 9 heteroatoms. The van der Waals surface area contributed by atoms with E-state index in [1.54, 1.807) is 25.1 Å². The molecule has 1 amide bonds. The largest absolute Gasteiger partial charge is 0.335 e. The van der Waals surface area contributed by atoms with Crippen molar-refractivity contribution < 1.29 is 9.18 Å². The number of hydrogen-bond acceptors (Lipinski definition) is 5. The summed E-state index contributed by atoms with van der Waals surface area (Å²) in [6.45, 7) is 1.72. The van der Waals surface area contributed by atoms with Crippen LogP contribution in [0.15, 0.2) is 53.7 Å². The SMILES string of the molecule is C[C@H](Sc1nnc(-c2ccccc2Cl)n1N)C(=O)Nc1ccc(F)cc1. The Bertz CT molecular complexity index is 931. The van der Waals surface area contributed by atoms with Gasteiger partial charge in [0.15, 0.2) is 5.82 Å². The van der Waals surface area contributed by atoms with Crippen LogP contribution in [0.3, 0.4) is 0 Å². The van der Waals surface area contributed by atoms with Crippen molar-refractivity contribution in [2.75, 3.05) is 11.2 Å². The third-order valence-electron chi connectivity index (χ3n) is 3.54. The first-order chi connectivity index (χ1) is 12.5. The minimum Gasteiger partial charge on any atom is -0.335 e. The zero-order chi connectivity index (χ0) is 18.7. The second-order valence-corrected chi connectivity index (χ2v) is 7.13. The van der Waals surface area contributed by atoms with E-state index in [0.29, 0.717) is 27.3 Å². The third-order valence-corrected chi connectivity index (χ3v) is 4.93. The highest BCUT2D eigenvalue weighted by Gasteiger charge is 2.20. The second kappa shape index (κ2) is 7.76. The Morgan fingerprint density at radius 1 is 1.23 bits per heavy atom. The van der Waals surface area contributed by atoms with Crippen LogP contribution in [0.2, 0.25) is 5.02 Å². The predicted octanol–water partition coefficient (Wildman–Crippen LogP) is 3.57. The van der Waals surface area contributed by atoms with Crippen molar-refractivity contribution in [2.45, 2.75) is 17.3 Å². The number of thioether (sulfide) groups is 1. The number of anilines is 1. The van der Waals surface area contributed by atoms with Gasteiger partial charge >= 0.3 is 0 Å². The monoisotopic (exact) mass is 391 g/mol. The molecule has 3 N–H and O–H groups in total. The van der Waals surface area contributed by atoms with Gasteiger partial charge in [-0.25, -0.2) is 9.07 Å². The fraction of sp³-hybridized carbons (Fsp3) is 0.118. The van der Waals surface area contributed by atoms with Crippen LogP contribution in [0, 0.1) is 5.82 Å². The molecule has 3 rings (SSSR count). The zero-order valence-corrected chi connectivity index (χ0v) is 15.3. The number of nitrogen functional groups attached to an aromatic ring is 1. The molecule has 2 aromatic carbocycles. The average Bonchev–Trinajstić information content (AvgIpc) is 2.98. The third kappa shape index (κ3) is 3.97. The standard InChI is InChI=1S/C17H15ClFN5OS/c1-10(16(25)21-12-8-6-11(19)7-9-12)26-17-23-22-15(24(17)20)13-4-2-3-5-14(13)18/h2-10H,20H2,1H3,(H,21,25)/t10-/m0/s1. The van der Waals surface area contributed by atoms with Gasteiger partial charge < -0.3 is 11.2 Å². The summed E-state index contributed by atoms with van der Waals surface area (Å²) < 4.78 is 14.2. The molecule has 0 bridgehead atoms. The highest BCUT2D eigenvalue weighted by Crippen LogP contribution is 2.29. The number of nitrogens with zero attached hydrogens (tertiary/aromatic N) is 3. The number of halogens is 2. The summed E-state index contributed by atoms with van der Waals surface area (Å²) in [5.74, 6) is 5.84. The highest BCUT2D eigenvalue weighted by molar-refractivity contribution is 8.00. The molecule has 26 heavy (non-hydrogen) atoms. The summed E-state index contributed by atoms with van der Waals surface area (Å²) in [7, 11) is 0. The summed E-state index contributed by atoms with van der Waals surface area (Å²) >= 11 is 7.32. The number of aromatic nitrogens is 3. The number of amides is 1. The fourth-order valence-corrected chi connectivity index (χ4v) is 3.16. The predicted molar refractivity (Wildman–Crippen MR) is 101 cm³/mol. The first kappa shape index (κ1) is 18.2. The van der Waals surface area contributed by atoms with Gasteiger partial charge in [0.05, 0.1) is 10.3 Å². The first-order valence-corrected chi connectivity index (χ1v) is 8.90. The highest BCUT2D eigenvalue weighted by atomic mass is 35.5. The number of rotatable bonds is 5. The van der Waals surface area contributed by atoms with Crippen molar-refractivity contribution in [1.29, 1.82) is 0 Å². The average molecular weight is 392 g/mol. The van der Waals surface area contributed by atoms with Crippen molar-refractivity contribution in [2.24, 2.45) is 0 Å². The van der Waals surface area contributed by atoms with Crippen molar-refractivity contribution in [3.63, 3.8) is 0 Å². The quantitative estimate of drug-likeness (QED) is 0.513. The van der Waals surface area contributed by atoms with Gasteiger partial charge in [-0.2, -0.15) is 0 Å². The number of carbonyl (C=O) groups is 1. The lowest BCUT2D eigenvalue weighted by molar-refractivity contribution is -0.115. The van der Waals surface area contributed by atoms with Crippen LogP contribution in [0.4, 0.5) is 10.1 Å². The first-order valence-electron chi connectivity index (χ1n) is 7.64. The van der Waals surface area contributed by atoms with Crippen LogP contribution in [0.25, 0.3) is 11.4 Å². The number of nitrogens with one attached hydrogen (secondary N) is 1. The van der Waals surface area contributed by atoms with E-state index in [-0.39, 0.29) is 11.7 Å². The molecule has 6 nitrogen and oxygen atoms in total. The van der Waals surface area contributed by atoms with Crippen LogP contribution >= 0.6 is 23.4 Å². The van der Waals surface area contributed by atoms with E-state index in [4.69, 9.17) is 17.4 Å². The van der Waals surface area contributed by atoms with E-state index in [2.05, 4.69) is 15.5 Å². The van der Waals surface area contributed by atoms with Gasteiger partial charge in [0.25, 0.3) is 0 Å². The van der Waals surface area contributed by atoms with Crippen molar-refractivity contribution in [3.8, 4) is 11.4 Å². The molecule has 0 fully saturated rings. The normalized spacial score (nSPS) is 12.0. The Morgan fingerprint density at radius 3 is 2.62 bits per heavy atom. The van der Waals surface area contributed by atoms with Gasteiger partial charge in [0, 0.05) is 11.3 Å². The van der Waals surface area contributed by atoms with Gasteiger partial charge in [-0.1, -0.05) is 35.5 Å². The van der Waals surface area contributed by atoms with Gasteiger partial charge in [-0.05, 0) is 43.3 Å². The molecule has 0 unspecified atom stereocenters. The van der Waals surface area contributed by atoms with Gasteiger partial charge in [-0.15, -0.1) is 10.2 Å². The van der Waals surface area contributed by atoms with Crippen LogP contribution < -0.4 is 11.2 Å². The number of carbonyl (C=O) groups excluding carboxylic acids is 1. The summed E-state index contributed by atoms with van der Waals surface area (Å²) in [6, 6.07) is 12.7. The Balaban J connectivity index is 1.71. The van der Waals surface area contributed by atoms with E-state index in [1.165, 1.54) is 28.9 Å². The van der Waals surface area contributed by atoms with E-state index in [9.17, 15) is 9.18 Å². The Labute approximate surface area is 158 Å². The zero-order valence-electron chi connectivity index (χ0n) is 13.7. The molecular formula is C17H15ClFN5OS. The molecule has 3 aromatic rings. The maximum Gasteiger partial charge on any atom is 0.237 e. The molecule has 0 aliphatic rings. The fourth-order valence-electron chi connectivity index (χ4n) is 2.17. The molecule has 0 aliphatic heterocycles. The Kier molecular flexibility index (Phi) is 5.43. The minimum atomic E-state index is -0.495. The molecule has 0 spiro atoms. The number of nitrogens with two attached hydrogens (primary N) is 1. The molecule has 0 saturated carbocycles. The van der Waals surface area contributed by atoms with Gasteiger partial charge in [0.1, 0.15) is 5.82 Å². The van der Waals surface area contributed by atoms with Crippen molar-refractivity contribution in [1.82, 2.24) is 14.9 Å². The number of hydrogen-bond donors (Lipinski definition) is 2. The molecule has 0 saturated heterocycles. The van der Waals surface area contributed by atoms with Crippen molar-refractivity contribution in [3.05, 3.63) is 59.4 Å². The summed E-state index contributed by atoms with van der Waals surface area (Å²) in [5, 5.41) is 11.2. The molecule has 0 radical (unpaired) electrons. The molecular weight excluding hydrogens is 377 g/mol. The molecule has 0 aliphatic carbocycles. The minimum absolute atomic E-state index is 0.260. The van der Waals surface area contributed by atoms with Gasteiger partial charge in [0.2, 0.25) is 11.1 Å². The summed E-state index contributed by atoms with van der Waals surface area (Å²) in [6.07, 6.45) is 0. The molecule has 134 valence electrons. The number of benzene rings is 2. The topological polar surface area (TPSA) is 85.8 Å². The van der Waals surface area contributed by atoms with Crippen LogP contribution in [-0.4, -0.2) is 26.0 Å². The lowest BCUT2D eigenvalue weighted by Gasteiger charge is -2.11. The van der Waals surface area contributed by atoms with E-state index in [1.807, 2.05) is 6.07 Å². The van der Waals surface area contributed by atoms with E-state index < -0.39 is 5.25 Å². The molecule has 1 aromatic heterocycles. The second-order valence-electron chi connectivity index (χ2n) is 5.41. The lowest BCUT2D eigenvalue weighted by Crippen LogP contribution is -2.23. The van der Waals surface area contributed by atoms with Crippen LogP contribution in [0.1, 0.15) is 6.92 Å². The lowest BCUT2D eigenvalue weighted by atomic mass is 10.2. The van der Waals surface area contributed by atoms with Crippen LogP contribution in [-0.2, 0) is 4.79 Å². The maximum atomic E-state index is 12.9. The summed E-state index contributed by atoms with van der Waals surface area (Å²) in [5.41, 5.74) is 1.16. The Hall–Kier alpha value is -2.58. The summed E-state index contributed by atoms with van der Waals surface area (Å²) in [4.78, 5) is 12.3. The van der Waals surface area contributed by atoms with Gasteiger partial charge in [-0.3, -0.25) is 4.79 Å². The van der Waals surface area contributed by atoms with E-state index >= 15 is 0 Å². The van der Waals surface area contributed by atoms with Crippen LogP contribution in [0.5, 0.6) is 0 Å². The van der Waals surface area contributed by atoms with E-state index in [0.717, 1.165) is 11.8 Å². The maximum absolute atomic E-state index is 12.9. The molecule has 1 atom stereocenters.